The van der Waals surface area contributed by atoms with Gasteiger partial charge in [0.2, 0.25) is 0 Å². The zero-order valence-corrected chi connectivity index (χ0v) is 11.6. The molecule has 1 fully saturated rings. The second kappa shape index (κ2) is 6.91. The molecule has 0 aliphatic carbocycles. The van der Waals surface area contributed by atoms with Crippen LogP contribution in [-0.2, 0) is 13.1 Å². The van der Waals surface area contributed by atoms with Crippen molar-refractivity contribution in [2.75, 3.05) is 6.54 Å². The highest BCUT2D eigenvalue weighted by molar-refractivity contribution is 5.23. The zero-order chi connectivity index (χ0) is 12.8. The van der Waals surface area contributed by atoms with Crippen LogP contribution in [-0.4, -0.2) is 17.5 Å². The number of hydrogen-bond acceptors (Lipinski definition) is 2. The number of rotatable bonds is 5. The van der Waals surface area contributed by atoms with Crippen molar-refractivity contribution in [1.29, 1.82) is 0 Å². The Balaban J connectivity index is 2.01. The van der Waals surface area contributed by atoms with E-state index in [1.165, 1.54) is 49.8 Å². The van der Waals surface area contributed by atoms with E-state index in [4.69, 9.17) is 5.73 Å². The first-order valence-electron chi connectivity index (χ1n) is 7.35. The molecular weight excluding hydrogens is 220 g/mol. The Morgan fingerprint density at radius 3 is 2.89 bits per heavy atom. The van der Waals surface area contributed by atoms with Gasteiger partial charge < -0.3 is 5.73 Å². The van der Waals surface area contributed by atoms with E-state index in [0.717, 1.165) is 12.6 Å². The highest BCUT2D eigenvalue weighted by Gasteiger charge is 2.21. The topological polar surface area (TPSA) is 29.3 Å². The first kappa shape index (κ1) is 13.6. The third kappa shape index (κ3) is 3.56. The predicted octanol–water partition coefficient (Wildman–Crippen LogP) is 3.30. The zero-order valence-electron chi connectivity index (χ0n) is 11.6. The van der Waals surface area contributed by atoms with E-state index in [1.807, 2.05) is 0 Å². The number of hydrogen-bond donors (Lipinski definition) is 1. The first-order valence-corrected chi connectivity index (χ1v) is 7.35. The maximum absolute atomic E-state index is 5.71. The summed E-state index contributed by atoms with van der Waals surface area (Å²) in [6.45, 7) is 5.30. The molecule has 1 atom stereocenters. The largest absolute Gasteiger partial charge is 0.326 e. The molecule has 1 heterocycles. The molecule has 100 valence electrons. The summed E-state index contributed by atoms with van der Waals surface area (Å²) in [6.07, 6.45) is 6.78. The summed E-state index contributed by atoms with van der Waals surface area (Å²) in [5.41, 5.74) is 8.38. The maximum atomic E-state index is 5.71. The van der Waals surface area contributed by atoms with Gasteiger partial charge in [-0.3, -0.25) is 4.90 Å². The lowest BCUT2D eigenvalue weighted by Crippen LogP contribution is -2.38. The van der Waals surface area contributed by atoms with Crippen LogP contribution in [0.2, 0.25) is 0 Å². The molecule has 1 aromatic rings. The molecule has 2 heteroatoms. The van der Waals surface area contributed by atoms with Crippen LogP contribution in [0.15, 0.2) is 24.3 Å². The molecule has 0 bridgehead atoms. The van der Waals surface area contributed by atoms with Crippen LogP contribution in [0.1, 0.15) is 50.2 Å². The lowest BCUT2D eigenvalue weighted by Gasteiger charge is -2.35. The quantitative estimate of drug-likeness (QED) is 0.863. The van der Waals surface area contributed by atoms with Crippen molar-refractivity contribution in [3.05, 3.63) is 35.4 Å². The first-order chi connectivity index (χ1) is 8.83. The Labute approximate surface area is 111 Å². The van der Waals surface area contributed by atoms with Gasteiger partial charge >= 0.3 is 0 Å². The van der Waals surface area contributed by atoms with Gasteiger partial charge in [-0.2, -0.15) is 0 Å². The van der Waals surface area contributed by atoms with E-state index in [2.05, 4.69) is 36.1 Å². The van der Waals surface area contributed by atoms with Gasteiger partial charge in [0.1, 0.15) is 0 Å². The van der Waals surface area contributed by atoms with Crippen LogP contribution >= 0.6 is 0 Å². The number of benzene rings is 1. The van der Waals surface area contributed by atoms with Crippen molar-refractivity contribution in [2.45, 2.75) is 58.2 Å². The molecule has 1 unspecified atom stereocenters. The molecule has 0 aromatic heterocycles. The fourth-order valence-electron chi connectivity index (χ4n) is 3.02. The van der Waals surface area contributed by atoms with E-state index in [-0.39, 0.29) is 0 Å². The summed E-state index contributed by atoms with van der Waals surface area (Å²) < 4.78 is 0. The third-order valence-corrected chi connectivity index (χ3v) is 3.98. The van der Waals surface area contributed by atoms with Crippen LogP contribution in [0.4, 0.5) is 0 Å². The average molecular weight is 246 g/mol. The molecule has 0 radical (unpaired) electrons. The predicted molar refractivity (Wildman–Crippen MR) is 77.3 cm³/mol. The summed E-state index contributed by atoms with van der Waals surface area (Å²) in [6, 6.07) is 9.54. The van der Waals surface area contributed by atoms with Crippen molar-refractivity contribution in [3.8, 4) is 0 Å². The Morgan fingerprint density at radius 2 is 2.11 bits per heavy atom. The molecule has 2 rings (SSSR count). The van der Waals surface area contributed by atoms with Gasteiger partial charge in [-0.15, -0.1) is 0 Å². The monoisotopic (exact) mass is 246 g/mol. The molecule has 1 aromatic carbocycles. The van der Waals surface area contributed by atoms with Crippen LogP contribution in [0, 0.1) is 0 Å². The second-order valence-corrected chi connectivity index (χ2v) is 5.43. The highest BCUT2D eigenvalue weighted by atomic mass is 15.2. The number of nitrogens with zero attached hydrogens (tertiary/aromatic N) is 1. The average Bonchev–Trinajstić information content (AvgIpc) is 2.41. The third-order valence-electron chi connectivity index (χ3n) is 3.98. The summed E-state index contributed by atoms with van der Waals surface area (Å²) in [4.78, 5) is 2.67. The Bertz CT molecular complexity index is 360. The van der Waals surface area contributed by atoms with Gasteiger partial charge in [0.25, 0.3) is 0 Å². The van der Waals surface area contributed by atoms with E-state index in [0.29, 0.717) is 6.54 Å². The lowest BCUT2D eigenvalue weighted by molar-refractivity contribution is 0.131. The molecule has 0 saturated carbocycles. The number of piperidine rings is 1. The SMILES string of the molecule is CCCC1CCCCN1Cc1cccc(CN)c1. The Hall–Kier alpha value is -0.860. The molecule has 1 aliphatic heterocycles. The standard InChI is InChI=1S/C16H26N2/c1-2-6-16-9-3-4-10-18(16)13-15-8-5-7-14(11-15)12-17/h5,7-8,11,16H,2-4,6,9-10,12-13,17H2,1H3. The molecular formula is C16H26N2. The summed E-state index contributed by atoms with van der Waals surface area (Å²) >= 11 is 0. The van der Waals surface area contributed by atoms with Crippen molar-refractivity contribution in [2.24, 2.45) is 5.73 Å². The smallest absolute Gasteiger partial charge is 0.0236 e. The van der Waals surface area contributed by atoms with Crippen LogP contribution in [0.5, 0.6) is 0 Å². The minimum absolute atomic E-state index is 0.645. The summed E-state index contributed by atoms with van der Waals surface area (Å²) in [7, 11) is 0. The minimum Gasteiger partial charge on any atom is -0.326 e. The summed E-state index contributed by atoms with van der Waals surface area (Å²) in [5.74, 6) is 0. The van der Waals surface area contributed by atoms with Gasteiger partial charge in [-0.1, -0.05) is 44.0 Å². The van der Waals surface area contributed by atoms with Crippen molar-refractivity contribution in [1.82, 2.24) is 4.90 Å². The van der Waals surface area contributed by atoms with Crippen LogP contribution in [0.3, 0.4) is 0 Å². The maximum Gasteiger partial charge on any atom is 0.0236 e. The molecule has 0 amide bonds. The molecule has 0 spiro atoms. The van der Waals surface area contributed by atoms with E-state index >= 15 is 0 Å². The normalized spacial score (nSPS) is 21.1. The van der Waals surface area contributed by atoms with Crippen molar-refractivity contribution < 1.29 is 0 Å². The molecule has 1 aliphatic rings. The lowest BCUT2D eigenvalue weighted by atomic mass is 9.97. The molecule has 1 saturated heterocycles. The summed E-state index contributed by atoms with van der Waals surface area (Å²) in [5, 5.41) is 0. The Kier molecular flexibility index (Phi) is 5.21. The molecule has 2 nitrogen and oxygen atoms in total. The fraction of sp³-hybridized carbons (Fsp3) is 0.625. The van der Waals surface area contributed by atoms with Crippen molar-refractivity contribution in [3.63, 3.8) is 0 Å². The van der Waals surface area contributed by atoms with E-state index < -0.39 is 0 Å². The molecule has 18 heavy (non-hydrogen) atoms. The van der Waals surface area contributed by atoms with Crippen LogP contribution < -0.4 is 5.73 Å². The van der Waals surface area contributed by atoms with Crippen molar-refractivity contribution >= 4 is 0 Å². The molecule has 2 N–H and O–H groups in total. The van der Waals surface area contributed by atoms with Gasteiger partial charge in [0.15, 0.2) is 0 Å². The number of likely N-dealkylation sites (tertiary alicyclic amines) is 1. The Morgan fingerprint density at radius 1 is 1.28 bits per heavy atom. The highest BCUT2D eigenvalue weighted by Crippen LogP contribution is 2.23. The van der Waals surface area contributed by atoms with Gasteiger partial charge in [0, 0.05) is 19.1 Å². The van der Waals surface area contributed by atoms with Gasteiger partial charge in [-0.05, 0) is 36.9 Å². The minimum atomic E-state index is 0.645. The second-order valence-electron chi connectivity index (χ2n) is 5.43. The van der Waals surface area contributed by atoms with Crippen LogP contribution in [0.25, 0.3) is 0 Å². The van der Waals surface area contributed by atoms with Gasteiger partial charge in [-0.25, -0.2) is 0 Å². The van der Waals surface area contributed by atoms with E-state index in [9.17, 15) is 0 Å². The van der Waals surface area contributed by atoms with E-state index in [1.54, 1.807) is 0 Å². The van der Waals surface area contributed by atoms with Gasteiger partial charge in [0.05, 0.1) is 0 Å². The fourth-order valence-corrected chi connectivity index (χ4v) is 3.02. The number of nitrogens with two attached hydrogens (primary N) is 1.